The van der Waals surface area contributed by atoms with Gasteiger partial charge in [0.25, 0.3) is 0 Å². The van der Waals surface area contributed by atoms with Crippen molar-refractivity contribution in [3.8, 4) is 6.07 Å². The molecule has 0 aliphatic heterocycles. The second kappa shape index (κ2) is 11.2. The third-order valence-electron chi connectivity index (χ3n) is 5.44. The van der Waals surface area contributed by atoms with Crippen LogP contribution in [0.15, 0.2) is 35.1 Å². The Labute approximate surface area is 211 Å². The van der Waals surface area contributed by atoms with Gasteiger partial charge >= 0.3 is 6.09 Å². The molecule has 35 heavy (non-hydrogen) atoms. The first-order valence-corrected chi connectivity index (χ1v) is 12.7. The van der Waals surface area contributed by atoms with Gasteiger partial charge in [-0.15, -0.1) is 22.7 Å². The summed E-state index contributed by atoms with van der Waals surface area (Å²) in [6.45, 7) is 0.664. The van der Waals surface area contributed by atoms with Crippen LogP contribution in [0.25, 0.3) is 6.08 Å². The number of furan rings is 1. The molecule has 3 heterocycles. The van der Waals surface area contributed by atoms with E-state index in [0.717, 1.165) is 26.9 Å². The van der Waals surface area contributed by atoms with E-state index in [1.165, 1.54) is 35.0 Å². The third kappa shape index (κ3) is 6.29. The molecule has 2 amide bonds. The van der Waals surface area contributed by atoms with Gasteiger partial charge in [-0.1, -0.05) is 0 Å². The van der Waals surface area contributed by atoms with Crippen LogP contribution in [0.3, 0.4) is 0 Å². The van der Waals surface area contributed by atoms with Crippen molar-refractivity contribution >= 4 is 50.9 Å². The van der Waals surface area contributed by atoms with E-state index in [4.69, 9.17) is 9.15 Å². The number of hydrogen-bond acceptors (Lipinski definition) is 9. The van der Waals surface area contributed by atoms with Crippen LogP contribution in [-0.2, 0) is 28.9 Å². The largest absolute Gasteiger partial charge is 0.465 e. The number of nitrogens with one attached hydrogen (secondary N) is 2. The van der Waals surface area contributed by atoms with Gasteiger partial charge in [-0.25, -0.2) is 9.78 Å². The highest BCUT2D eigenvalue weighted by atomic mass is 32.1. The zero-order chi connectivity index (χ0) is 24.8. The third-order valence-corrected chi connectivity index (χ3v) is 7.77. The van der Waals surface area contributed by atoms with Crippen molar-refractivity contribution in [2.24, 2.45) is 5.92 Å². The predicted molar refractivity (Wildman–Crippen MR) is 136 cm³/mol. The van der Waals surface area contributed by atoms with E-state index in [2.05, 4.69) is 21.7 Å². The van der Waals surface area contributed by atoms with E-state index in [0.29, 0.717) is 42.3 Å². The fraction of sp³-hybridized carbons (Fsp3) is 0.333. The number of thiophene rings is 1. The van der Waals surface area contributed by atoms with Gasteiger partial charge in [0.05, 0.1) is 25.0 Å². The molecule has 0 bridgehead atoms. The fourth-order valence-corrected chi connectivity index (χ4v) is 5.78. The summed E-state index contributed by atoms with van der Waals surface area (Å²) in [7, 11) is 3.84. The van der Waals surface area contributed by atoms with E-state index < -0.39 is 6.09 Å². The highest BCUT2D eigenvalue weighted by Crippen LogP contribution is 2.39. The second-order valence-electron chi connectivity index (χ2n) is 8.22. The topological polar surface area (TPSA) is 120 Å². The van der Waals surface area contributed by atoms with Crippen LogP contribution in [-0.4, -0.2) is 37.7 Å². The molecule has 182 valence electrons. The molecular weight excluding hydrogens is 486 g/mol. The van der Waals surface area contributed by atoms with Gasteiger partial charge in [-0.05, 0) is 49.0 Å². The maximum absolute atomic E-state index is 12.3. The van der Waals surface area contributed by atoms with E-state index in [-0.39, 0.29) is 11.8 Å². The van der Waals surface area contributed by atoms with Gasteiger partial charge in [0.1, 0.15) is 16.8 Å². The van der Waals surface area contributed by atoms with Crippen molar-refractivity contribution in [2.45, 2.75) is 25.8 Å². The van der Waals surface area contributed by atoms with Gasteiger partial charge < -0.3 is 24.7 Å². The number of carbonyl (C=O) groups excluding carboxylic acids is 2. The Morgan fingerprint density at radius 3 is 2.97 bits per heavy atom. The molecule has 3 aromatic rings. The minimum atomic E-state index is -0.462. The molecule has 3 aromatic heterocycles. The van der Waals surface area contributed by atoms with Gasteiger partial charge in [0.2, 0.25) is 5.91 Å². The molecule has 0 radical (unpaired) electrons. The molecular formula is C24H25N5O4S2. The molecule has 1 aliphatic rings. The summed E-state index contributed by atoms with van der Waals surface area (Å²) in [5.41, 5.74) is 1.49. The molecule has 1 unspecified atom stereocenters. The van der Waals surface area contributed by atoms with Gasteiger partial charge in [-0.3, -0.25) is 4.79 Å². The van der Waals surface area contributed by atoms with Crippen molar-refractivity contribution in [1.29, 1.82) is 5.26 Å². The molecule has 0 saturated carbocycles. The highest BCUT2D eigenvalue weighted by molar-refractivity contribution is 7.16. The number of nitrogens with zero attached hydrogens (tertiary/aromatic N) is 3. The molecule has 0 saturated heterocycles. The standard InChI is InChI=1S/C24H25N5O4S2/c1-29(2)23-26-12-17(34-23)13-27-24(31)33-14-15-5-7-18-19(11-25)22(35-20(18)10-15)28-21(30)8-6-16-4-3-9-32-16/h3-4,6,8-9,12,15H,5,7,10,13-14H2,1-2H3,(H,27,31)(H,28,30)/b8-6+. The Balaban J connectivity index is 1.28. The van der Waals surface area contributed by atoms with E-state index >= 15 is 0 Å². The number of fused-ring (bicyclic) bond motifs is 1. The molecule has 1 aliphatic carbocycles. The van der Waals surface area contributed by atoms with Crippen LogP contribution in [0.5, 0.6) is 0 Å². The summed E-state index contributed by atoms with van der Waals surface area (Å²) in [5.74, 6) is 0.402. The number of rotatable bonds is 8. The lowest BCUT2D eigenvalue weighted by atomic mass is 9.88. The molecule has 1 atom stereocenters. The second-order valence-corrected chi connectivity index (χ2v) is 10.4. The summed E-state index contributed by atoms with van der Waals surface area (Å²) in [6, 6.07) is 5.72. The number of ether oxygens (including phenoxy) is 1. The molecule has 0 aromatic carbocycles. The molecule has 0 fully saturated rings. The van der Waals surface area contributed by atoms with E-state index in [9.17, 15) is 14.9 Å². The normalized spacial score (nSPS) is 14.8. The SMILES string of the molecule is CN(C)c1ncc(CNC(=O)OCC2CCc3c(sc(NC(=O)/C=C/c4ccco4)c3C#N)C2)s1. The van der Waals surface area contributed by atoms with Gasteiger partial charge in [0, 0.05) is 36.1 Å². The Morgan fingerprint density at radius 2 is 2.26 bits per heavy atom. The number of nitriles is 1. The van der Waals surface area contributed by atoms with Crippen molar-refractivity contribution in [2.75, 3.05) is 30.9 Å². The summed E-state index contributed by atoms with van der Waals surface area (Å²) in [6.07, 6.45) is 7.97. The fourth-order valence-electron chi connectivity index (χ4n) is 3.69. The first kappa shape index (κ1) is 24.5. The number of alkyl carbamates (subject to hydrolysis) is 1. The van der Waals surface area contributed by atoms with E-state index in [1.54, 1.807) is 24.4 Å². The number of hydrogen-bond donors (Lipinski definition) is 2. The average Bonchev–Trinajstić information content (AvgIpc) is 3.59. The molecule has 2 N–H and O–H groups in total. The average molecular weight is 512 g/mol. The van der Waals surface area contributed by atoms with Gasteiger partial charge in [-0.2, -0.15) is 5.26 Å². The summed E-state index contributed by atoms with van der Waals surface area (Å²) in [4.78, 5) is 32.7. The zero-order valence-electron chi connectivity index (χ0n) is 19.4. The van der Waals surface area contributed by atoms with Crippen LogP contribution in [0.2, 0.25) is 0 Å². The van der Waals surface area contributed by atoms with Gasteiger partial charge in [0.15, 0.2) is 5.13 Å². The lowest BCUT2D eigenvalue weighted by Crippen LogP contribution is -2.27. The molecule has 11 heteroatoms. The highest BCUT2D eigenvalue weighted by Gasteiger charge is 2.27. The first-order valence-electron chi connectivity index (χ1n) is 11.0. The van der Waals surface area contributed by atoms with Crippen LogP contribution in [0.1, 0.15) is 33.1 Å². The Bertz CT molecular complexity index is 1250. The number of aromatic nitrogens is 1. The number of carbonyl (C=O) groups is 2. The lowest BCUT2D eigenvalue weighted by molar-refractivity contribution is -0.111. The predicted octanol–water partition coefficient (Wildman–Crippen LogP) is 4.42. The maximum atomic E-state index is 12.3. The summed E-state index contributed by atoms with van der Waals surface area (Å²) >= 11 is 2.93. The Morgan fingerprint density at radius 1 is 1.40 bits per heavy atom. The monoisotopic (exact) mass is 511 g/mol. The smallest absolute Gasteiger partial charge is 0.407 e. The maximum Gasteiger partial charge on any atom is 0.407 e. The minimum absolute atomic E-state index is 0.157. The molecule has 0 spiro atoms. The van der Waals surface area contributed by atoms with Crippen molar-refractivity contribution in [3.63, 3.8) is 0 Å². The molecule has 9 nitrogen and oxygen atoms in total. The van der Waals surface area contributed by atoms with Crippen molar-refractivity contribution < 1.29 is 18.7 Å². The number of anilines is 2. The van der Waals surface area contributed by atoms with Crippen LogP contribution in [0.4, 0.5) is 14.9 Å². The summed E-state index contributed by atoms with van der Waals surface area (Å²) < 4.78 is 10.6. The van der Waals surface area contributed by atoms with E-state index in [1.807, 2.05) is 19.0 Å². The zero-order valence-corrected chi connectivity index (χ0v) is 21.0. The Hall–Kier alpha value is -3.62. The number of thiazole rings is 1. The quantitative estimate of drug-likeness (QED) is 0.430. The van der Waals surface area contributed by atoms with Crippen molar-refractivity contribution in [3.05, 3.63) is 57.3 Å². The minimum Gasteiger partial charge on any atom is -0.465 e. The number of amides is 2. The Kier molecular flexibility index (Phi) is 7.84. The van der Waals surface area contributed by atoms with Crippen LogP contribution < -0.4 is 15.5 Å². The van der Waals surface area contributed by atoms with Crippen molar-refractivity contribution in [1.82, 2.24) is 10.3 Å². The lowest BCUT2D eigenvalue weighted by Gasteiger charge is -2.21. The van der Waals surface area contributed by atoms with Crippen LogP contribution in [0, 0.1) is 17.2 Å². The first-order chi connectivity index (χ1) is 16.9. The van der Waals surface area contributed by atoms with Crippen LogP contribution >= 0.6 is 22.7 Å². The molecule has 4 rings (SSSR count). The summed E-state index contributed by atoms with van der Waals surface area (Å²) in [5, 5.41) is 16.7.